The third-order valence-electron chi connectivity index (χ3n) is 7.41. The first kappa shape index (κ1) is 26.2. The summed E-state index contributed by atoms with van der Waals surface area (Å²) in [5.41, 5.74) is 2.49. The Morgan fingerprint density at radius 3 is 2.72 bits per heavy atom. The number of carbonyl (C=O) groups excluding carboxylic acids is 1. The lowest BCUT2D eigenvalue weighted by Crippen LogP contribution is -2.41. The first-order valence-electron chi connectivity index (χ1n) is 13.3. The Hall–Kier alpha value is -2.87. The van der Waals surface area contributed by atoms with E-state index < -0.39 is 0 Å². The number of aliphatic hydroxyl groups is 1. The highest BCUT2D eigenvalue weighted by atomic mass is 16.5. The lowest BCUT2D eigenvalue weighted by atomic mass is 9.86. The average Bonchev–Trinajstić information content (AvgIpc) is 3.39. The molecule has 2 aromatic rings. The van der Waals surface area contributed by atoms with Crippen LogP contribution < -0.4 is 15.0 Å². The minimum Gasteiger partial charge on any atom is -0.493 e. The van der Waals surface area contributed by atoms with Gasteiger partial charge in [-0.25, -0.2) is 0 Å². The van der Waals surface area contributed by atoms with Crippen LogP contribution in [0.2, 0.25) is 0 Å². The summed E-state index contributed by atoms with van der Waals surface area (Å²) in [6.45, 7) is 9.53. The molecule has 0 bridgehead atoms. The van der Waals surface area contributed by atoms with Crippen LogP contribution in [0, 0.1) is 17.8 Å². The number of nitrogens with one attached hydrogen (secondary N) is 1. The molecular weight excluding hydrogens is 456 g/mol. The Bertz CT molecular complexity index is 1020. The van der Waals surface area contributed by atoms with Crippen LogP contribution in [0.4, 0.5) is 6.01 Å². The van der Waals surface area contributed by atoms with E-state index in [2.05, 4.69) is 71.5 Å². The molecule has 1 aliphatic carbocycles. The van der Waals surface area contributed by atoms with Gasteiger partial charge in [0.05, 0.1) is 6.61 Å². The predicted molar refractivity (Wildman–Crippen MR) is 140 cm³/mol. The number of anilines is 1. The summed E-state index contributed by atoms with van der Waals surface area (Å²) in [5, 5.41) is 15.9. The van der Waals surface area contributed by atoms with Crippen molar-refractivity contribution >= 4 is 17.5 Å². The van der Waals surface area contributed by atoms with E-state index in [9.17, 15) is 4.79 Å². The maximum Gasteiger partial charge on any atom is 0.324 e. The molecule has 2 aliphatic rings. The fourth-order valence-electron chi connectivity index (χ4n) is 4.94. The number of amides is 1. The molecule has 0 radical (unpaired) electrons. The predicted octanol–water partition coefficient (Wildman–Crippen LogP) is 4.42. The van der Waals surface area contributed by atoms with Crippen LogP contribution in [-0.4, -0.2) is 54.0 Å². The Morgan fingerprint density at radius 2 is 2.08 bits per heavy atom. The van der Waals surface area contributed by atoms with Crippen LogP contribution in [0.1, 0.15) is 70.2 Å². The molecule has 1 aliphatic heterocycles. The minimum atomic E-state index is 0.0283. The number of rotatable bonds is 10. The zero-order chi connectivity index (χ0) is 25.5. The second-order valence-corrected chi connectivity index (χ2v) is 10.5. The molecule has 0 saturated carbocycles. The number of piperidine rings is 1. The number of hydrogen-bond donors (Lipinski definition) is 2. The molecule has 1 fully saturated rings. The zero-order valence-electron chi connectivity index (χ0n) is 21.8. The molecule has 8 nitrogen and oxygen atoms in total. The number of ether oxygens (including phenoxy) is 1. The van der Waals surface area contributed by atoms with Gasteiger partial charge in [-0.15, -0.1) is 0 Å². The normalized spacial score (nSPS) is 22.4. The Morgan fingerprint density at radius 1 is 1.28 bits per heavy atom. The van der Waals surface area contributed by atoms with Crippen molar-refractivity contribution in [2.45, 2.75) is 58.8 Å². The summed E-state index contributed by atoms with van der Waals surface area (Å²) in [6.07, 6.45) is 6.34. The summed E-state index contributed by atoms with van der Waals surface area (Å²) >= 11 is 0. The Balaban J connectivity index is 1.23. The lowest BCUT2D eigenvalue weighted by molar-refractivity contribution is -0.125. The first-order chi connectivity index (χ1) is 17.4. The first-order valence-corrected chi connectivity index (χ1v) is 13.3. The standard InChI is InChI=1S/C28H40N4O4/c1-19(2)26-30-28(36-31-26)32-15-13-24(20(3)17-32)18-35-25-11-9-22(10-12-25)21-5-7-23(8-6-21)27(34)29-14-4-16-33/h5,9-12,19-20,23-24,33H,4,6-8,13-18H2,1-3H3,(H,29,34)/t20-,23?,24?/m1/s1. The van der Waals surface area contributed by atoms with E-state index in [1.165, 1.54) is 11.1 Å². The number of benzene rings is 1. The third kappa shape index (κ3) is 6.66. The van der Waals surface area contributed by atoms with Gasteiger partial charge in [-0.2, -0.15) is 4.98 Å². The molecule has 2 unspecified atom stereocenters. The van der Waals surface area contributed by atoms with Crippen molar-refractivity contribution in [3.05, 3.63) is 41.7 Å². The fraction of sp³-hybridized carbons (Fsp3) is 0.607. The molecule has 1 aromatic heterocycles. The van der Waals surface area contributed by atoms with Gasteiger partial charge in [-0.05, 0) is 67.2 Å². The third-order valence-corrected chi connectivity index (χ3v) is 7.41. The number of carbonyl (C=O) groups is 1. The van der Waals surface area contributed by atoms with Crippen molar-refractivity contribution in [1.82, 2.24) is 15.5 Å². The van der Waals surface area contributed by atoms with Crippen molar-refractivity contribution in [2.24, 2.45) is 17.8 Å². The number of aromatic nitrogens is 2. The molecule has 0 spiro atoms. The number of aliphatic hydroxyl groups excluding tert-OH is 1. The van der Waals surface area contributed by atoms with E-state index in [0.717, 1.165) is 50.3 Å². The second kappa shape index (κ2) is 12.4. The van der Waals surface area contributed by atoms with Crippen LogP contribution in [0.25, 0.3) is 5.57 Å². The highest BCUT2D eigenvalue weighted by Gasteiger charge is 2.29. The van der Waals surface area contributed by atoms with Gasteiger partial charge in [-0.1, -0.05) is 44.1 Å². The van der Waals surface area contributed by atoms with Crippen molar-refractivity contribution in [3.8, 4) is 5.75 Å². The molecule has 8 heteroatoms. The molecular formula is C28H40N4O4. The van der Waals surface area contributed by atoms with Gasteiger partial charge < -0.3 is 24.6 Å². The quantitative estimate of drug-likeness (QED) is 0.470. The van der Waals surface area contributed by atoms with Gasteiger partial charge in [0, 0.05) is 38.1 Å². The molecule has 36 heavy (non-hydrogen) atoms. The summed E-state index contributed by atoms with van der Waals surface area (Å²) in [4.78, 5) is 19.0. The molecule has 1 aromatic carbocycles. The molecule has 196 valence electrons. The van der Waals surface area contributed by atoms with Gasteiger partial charge in [0.25, 0.3) is 0 Å². The van der Waals surface area contributed by atoms with Crippen LogP contribution in [0.5, 0.6) is 5.75 Å². The summed E-state index contributed by atoms with van der Waals surface area (Å²) in [7, 11) is 0. The van der Waals surface area contributed by atoms with E-state index >= 15 is 0 Å². The van der Waals surface area contributed by atoms with Gasteiger partial charge in [-0.3, -0.25) is 4.79 Å². The maximum atomic E-state index is 12.2. The van der Waals surface area contributed by atoms with E-state index in [0.29, 0.717) is 37.4 Å². The Labute approximate surface area is 214 Å². The smallest absolute Gasteiger partial charge is 0.324 e. The molecule has 3 atom stereocenters. The van der Waals surface area contributed by atoms with Crippen molar-refractivity contribution in [3.63, 3.8) is 0 Å². The van der Waals surface area contributed by atoms with Crippen LogP contribution in [0.15, 0.2) is 34.9 Å². The van der Waals surface area contributed by atoms with Gasteiger partial charge in [0.1, 0.15) is 5.75 Å². The van der Waals surface area contributed by atoms with Crippen LogP contribution in [0.3, 0.4) is 0 Å². The zero-order valence-corrected chi connectivity index (χ0v) is 21.8. The lowest BCUT2D eigenvalue weighted by Gasteiger charge is -2.35. The fourth-order valence-corrected chi connectivity index (χ4v) is 4.94. The topological polar surface area (TPSA) is 101 Å². The minimum absolute atomic E-state index is 0.0283. The molecule has 1 saturated heterocycles. The summed E-state index contributed by atoms with van der Waals surface area (Å²) in [5.74, 6) is 2.99. The van der Waals surface area contributed by atoms with E-state index in [1.54, 1.807) is 0 Å². The second-order valence-electron chi connectivity index (χ2n) is 10.5. The van der Waals surface area contributed by atoms with Gasteiger partial charge >= 0.3 is 6.01 Å². The van der Waals surface area contributed by atoms with Gasteiger partial charge in [0.2, 0.25) is 5.91 Å². The highest BCUT2D eigenvalue weighted by Crippen LogP contribution is 2.32. The van der Waals surface area contributed by atoms with E-state index in [1.807, 2.05) is 0 Å². The number of hydrogen-bond acceptors (Lipinski definition) is 7. The highest BCUT2D eigenvalue weighted by molar-refractivity contribution is 5.80. The average molecular weight is 497 g/mol. The van der Waals surface area contributed by atoms with Crippen molar-refractivity contribution in [2.75, 3.05) is 37.7 Å². The largest absolute Gasteiger partial charge is 0.493 e. The van der Waals surface area contributed by atoms with E-state index in [-0.39, 0.29) is 24.3 Å². The van der Waals surface area contributed by atoms with Crippen LogP contribution in [-0.2, 0) is 4.79 Å². The van der Waals surface area contributed by atoms with Crippen LogP contribution >= 0.6 is 0 Å². The van der Waals surface area contributed by atoms with Crippen molar-refractivity contribution in [1.29, 1.82) is 0 Å². The molecule has 2 N–H and O–H groups in total. The van der Waals surface area contributed by atoms with Gasteiger partial charge in [0.15, 0.2) is 5.82 Å². The summed E-state index contributed by atoms with van der Waals surface area (Å²) < 4.78 is 11.6. The van der Waals surface area contributed by atoms with E-state index in [4.69, 9.17) is 14.4 Å². The molecule has 1 amide bonds. The number of allylic oxidation sites excluding steroid dienone is 2. The molecule has 4 rings (SSSR count). The summed E-state index contributed by atoms with van der Waals surface area (Å²) in [6, 6.07) is 8.98. The Kier molecular flexibility index (Phi) is 9.02. The SMILES string of the molecule is CC(C)c1noc(N2CCC(COc3ccc(C4=CCC(C(=O)NCCCO)CC4)cc3)[C@H](C)C2)n1. The number of nitrogens with zero attached hydrogens (tertiary/aromatic N) is 3. The maximum absolute atomic E-state index is 12.2. The molecule has 2 heterocycles. The monoisotopic (exact) mass is 496 g/mol. The van der Waals surface area contributed by atoms with Crippen molar-refractivity contribution < 1.29 is 19.2 Å².